The zero-order chi connectivity index (χ0) is 20.1. The predicted molar refractivity (Wildman–Crippen MR) is 108 cm³/mol. The van der Waals surface area contributed by atoms with Gasteiger partial charge in [-0.25, -0.2) is 4.39 Å². The number of allylic oxidation sites excluding steroid dienone is 2. The number of carbonyl (C=O) groups is 2. The van der Waals surface area contributed by atoms with Gasteiger partial charge >= 0.3 is 0 Å². The lowest BCUT2D eigenvalue weighted by Gasteiger charge is -2.43. The third-order valence-electron chi connectivity index (χ3n) is 5.48. The highest BCUT2D eigenvalue weighted by atomic mass is 35.5. The van der Waals surface area contributed by atoms with Crippen molar-refractivity contribution >= 4 is 29.0 Å². The monoisotopic (exact) mass is 397 g/mol. The Balaban J connectivity index is 1.89. The van der Waals surface area contributed by atoms with Crippen LogP contribution in [-0.4, -0.2) is 11.7 Å². The number of amides is 1. The molecule has 0 spiro atoms. The molecule has 0 saturated carbocycles. The average Bonchev–Trinajstić information content (AvgIpc) is 2.61. The van der Waals surface area contributed by atoms with Crippen LogP contribution in [0.5, 0.6) is 0 Å². The molecule has 0 N–H and O–H groups in total. The highest BCUT2D eigenvalue weighted by molar-refractivity contribution is 6.30. The minimum atomic E-state index is -0.412. The van der Waals surface area contributed by atoms with Crippen molar-refractivity contribution in [2.45, 2.75) is 39.0 Å². The Morgan fingerprint density at radius 3 is 2.46 bits per heavy atom. The molecule has 144 valence electrons. The second kappa shape index (κ2) is 6.85. The van der Waals surface area contributed by atoms with Gasteiger partial charge in [0.25, 0.3) is 0 Å². The maximum Gasteiger partial charge on any atom is 0.232 e. The Bertz CT molecular complexity index is 994. The molecule has 0 bridgehead atoms. The summed E-state index contributed by atoms with van der Waals surface area (Å²) in [5.74, 6) is -0.839. The van der Waals surface area contributed by atoms with Gasteiger partial charge in [0.15, 0.2) is 5.78 Å². The third kappa shape index (κ3) is 3.37. The number of nitrogens with zero attached hydrogens (tertiary/aromatic N) is 1. The van der Waals surface area contributed by atoms with E-state index in [9.17, 15) is 14.0 Å². The number of hydrogen-bond donors (Lipinski definition) is 0. The van der Waals surface area contributed by atoms with Crippen molar-refractivity contribution in [3.63, 3.8) is 0 Å². The van der Waals surface area contributed by atoms with Crippen LogP contribution in [-0.2, 0) is 9.59 Å². The number of ketones is 1. The Morgan fingerprint density at radius 1 is 1.07 bits per heavy atom. The highest BCUT2D eigenvalue weighted by Crippen LogP contribution is 2.48. The molecule has 1 unspecified atom stereocenters. The van der Waals surface area contributed by atoms with Gasteiger partial charge in [-0.1, -0.05) is 37.6 Å². The zero-order valence-electron chi connectivity index (χ0n) is 15.8. The molecule has 2 aromatic rings. The molecule has 4 rings (SSSR count). The summed E-state index contributed by atoms with van der Waals surface area (Å²) >= 11 is 6.01. The Labute approximate surface area is 168 Å². The molecule has 0 aromatic heterocycles. The first-order valence-corrected chi connectivity index (χ1v) is 9.73. The first-order chi connectivity index (χ1) is 13.2. The number of anilines is 1. The van der Waals surface area contributed by atoms with E-state index in [-0.39, 0.29) is 29.3 Å². The molecule has 1 aliphatic heterocycles. The van der Waals surface area contributed by atoms with Crippen molar-refractivity contribution in [2.24, 2.45) is 5.41 Å². The fourth-order valence-electron chi connectivity index (χ4n) is 4.31. The van der Waals surface area contributed by atoms with E-state index < -0.39 is 5.92 Å². The molecular formula is C23H21ClFNO2. The van der Waals surface area contributed by atoms with Crippen molar-refractivity contribution < 1.29 is 14.0 Å². The predicted octanol–water partition coefficient (Wildman–Crippen LogP) is 5.64. The summed E-state index contributed by atoms with van der Waals surface area (Å²) in [6.45, 7) is 4.07. The molecule has 0 saturated heterocycles. The van der Waals surface area contributed by atoms with Gasteiger partial charge in [0.05, 0.1) is 0 Å². The van der Waals surface area contributed by atoms with E-state index >= 15 is 0 Å². The number of hydrogen-bond acceptors (Lipinski definition) is 2. The molecule has 1 atom stereocenters. The number of carbonyl (C=O) groups excluding carboxylic acids is 2. The lowest BCUT2D eigenvalue weighted by Crippen LogP contribution is -2.43. The lowest BCUT2D eigenvalue weighted by molar-refractivity contribution is -0.121. The zero-order valence-corrected chi connectivity index (χ0v) is 16.6. The van der Waals surface area contributed by atoms with E-state index in [1.54, 1.807) is 41.3 Å². The molecular weight excluding hydrogens is 377 g/mol. The molecule has 28 heavy (non-hydrogen) atoms. The first-order valence-electron chi connectivity index (χ1n) is 9.35. The van der Waals surface area contributed by atoms with Crippen LogP contribution in [0.1, 0.15) is 44.6 Å². The summed E-state index contributed by atoms with van der Waals surface area (Å²) in [4.78, 5) is 28.0. The number of rotatable bonds is 2. The SMILES string of the molecule is CC1(C)CC(=O)C2=C(C1)N(c1ccc(Cl)cc1)C(=O)CC2c1cccc(F)c1. The van der Waals surface area contributed by atoms with Crippen molar-refractivity contribution in [1.29, 1.82) is 0 Å². The number of halogens is 2. The van der Waals surface area contributed by atoms with E-state index in [1.807, 2.05) is 13.8 Å². The van der Waals surface area contributed by atoms with E-state index in [2.05, 4.69) is 0 Å². The molecule has 2 aromatic carbocycles. The highest BCUT2D eigenvalue weighted by Gasteiger charge is 2.44. The van der Waals surface area contributed by atoms with Gasteiger partial charge in [-0.2, -0.15) is 0 Å². The van der Waals surface area contributed by atoms with Gasteiger partial charge in [-0.05, 0) is 53.8 Å². The minimum absolute atomic E-state index is 0.0342. The molecule has 1 amide bonds. The summed E-state index contributed by atoms with van der Waals surface area (Å²) in [6.07, 6.45) is 1.16. The average molecular weight is 398 g/mol. The van der Waals surface area contributed by atoms with Gasteiger partial charge in [0.1, 0.15) is 5.82 Å². The van der Waals surface area contributed by atoms with Gasteiger partial charge in [-0.3, -0.25) is 14.5 Å². The van der Waals surface area contributed by atoms with Crippen LogP contribution in [0.2, 0.25) is 5.02 Å². The molecule has 1 heterocycles. The second-order valence-corrected chi connectivity index (χ2v) is 8.76. The van der Waals surface area contributed by atoms with Crippen LogP contribution >= 0.6 is 11.6 Å². The van der Waals surface area contributed by atoms with E-state index in [4.69, 9.17) is 11.6 Å². The fraction of sp³-hybridized carbons (Fsp3) is 0.304. The molecule has 0 fully saturated rings. The van der Waals surface area contributed by atoms with E-state index in [0.29, 0.717) is 34.7 Å². The molecule has 3 nitrogen and oxygen atoms in total. The van der Waals surface area contributed by atoms with Gasteiger partial charge in [-0.15, -0.1) is 0 Å². The summed E-state index contributed by atoms with van der Waals surface area (Å²) < 4.78 is 13.8. The van der Waals surface area contributed by atoms with Crippen molar-refractivity contribution in [2.75, 3.05) is 4.90 Å². The fourth-order valence-corrected chi connectivity index (χ4v) is 4.44. The first kappa shape index (κ1) is 18.9. The topological polar surface area (TPSA) is 37.4 Å². The van der Waals surface area contributed by atoms with Crippen LogP contribution in [0.3, 0.4) is 0 Å². The van der Waals surface area contributed by atoms with E-state index in [0.717, 1.165) is 5.70 Å². The molecule has 5 heteroatoms. The quantitative estimate of drug-likeness (QED) is 0.657. The van der Waals surface area contributed by atoms with Gasteiger partial charge in [0, 0.05) is 40.7 Å². The minimum Gasteiger partial charge on any atom is -0.294 e. The summed E-state index contributed by atoms with van der Waals surface area (Å²) in [6, 6.07) is 13.3. The molecule has 0 radical (unpaired) electrons. The summed E-state index contributed by atoms with van der Waals surface area (Å²) in [7, 11) is 0. The maximum absolute atomic E-state index is 13.8. The Kier molecular flexibility index (Phi) is 4.62. The Hall–Kier alpha value is -2.46. The number of benzene rings is 2. The van der Waals surface area contributed by atoms with Gasteiger partial charge < -0.3 is 0 Å². The normalized spacial score (nSPS) is 21.7. The van der Waals surface area contributed by atoms with Crippen molar-refractivity contribution in [1.82, 2.24) is 0 Å². The maximum atomic E-state index is 13.8. The third-order valence-corrected chi connectivity index (χ3v) is 5.73. The Morgan fingerprint density at radius 2 is 1.79 bits per heavy atom. The lowest BCUT2D eigenvalue weighted by atomic mass is 9.69. The van der Waals surface area contributed by atoms with Crippen LogP contribution < -0.4 is 4.90 Å². The van der Waals surface area contributed by atoms with Crippen LogP contribution in [0, 0.1) is 11.2 Å². The van der Waals surface area contributed by atoms with Crippen LogP contribution in [0.4, 0.5) is 10.1 Å². The van der Waals surface area contributed by atoms with Gasteiger partial charge in [0.2, 0.25) is 5.91 Å². The van der Waals surface area contributed by atoms with Crippen molar-refractivity contribution in [3.8, 4) is 0 Å². The second-order valence-electron chi connectivity index (χ2n) is 8.32. The van der Waals surface area contributed by atoms with Crippen LogP contribution in [0.15, 0.2) is 59.8 Å². The van der Waals surface area contributed by atoms with Crippen molar-refractivity contribution in [3.05, 3.63) is 76.2 Å². The van der Waals surface area contributed by atoms with Crippen LogP contribution in [0.25, 0.3) is 0 Å². The largest absolute Gasteiger partial charge is 0.294 e. The summed E-state index contributed by atoms with van der Waals surface area (Å²) in [5.41, 5.74) is 2.49. The molecule has 2 aliphatic rings. The standard InChI is InChI=1S/C23H21ClFNO2/c1-23(2)12-19-22(20(27)13-23)18(14-4-3-5-16(25)10-14)11-21(28)26(19)17-8-6-15(24)7-9-17/h3-10,18H,11-13H2,1-2H3. The summed E-state index contributed by atoms with van der Waals surface area (Å²) in [5, 5.41) is 0.583. The van der Waals surface area contributed by atoms with E-state index in [1.165, 1.54) is 12.1 Å². The number of Topliss-reactive ketones (excluding diaryl/α,β-unsaturated/α-hetero) is 1. The molecule has 1 aliphatic carbocycles. The smallest absolute Gasteiger partial charge is 0.232 e.